The summed E-state index contributed by atoms with van der Waals surface area (Å²) < 4.78 is 5.63. The molecule has 1 heterocycles. The second-order valence-electron chi connectivity index (χ2n) is 6.81. The maximum absolute atomic E-state index is 5.63. The predicted molar refractivity (Wildman–Crippen MR) is 78.8 cm³/mol. The van der Waals surface area contributed by atoms with Gasteiger partial charge in [-0.05, 0) is 51.1 Å². The lowest BCUT2D eigenvalue weighted by Crippen LogP contribution is -2.36. The third-order valence-corrected chi connectivity index (χ3v) is 4.62. The van der Waals surface area contributed by atoms with Gasteiger partial charge in [0.05, 0.1) is 6.54 Å². The highest BCUT2D eigenvalue weighted by Gasteiger charge is 2.29. The molecule has 0 radical (unpaired) electrons. The van der Waals surface area contributed by atoms with Crippen molar-refractivity contribution < 1.29 is 4.42 Å². The minimum absolute atomic E-state index is 0.488. The van der Waals surface area contributed by atoms with Crippen LogP contribution < -0.4 is 5.73 Å². The summed E-state index contributed by atoms with van der Waals surface area (Å²) in [5, 5.41) is 0. The van der Waals surface area contributed by atoms with E-state index in [1.807, 2.05) is 6.92 Å². The Hall–Kier alpha value is -0.800. The quantitative estimate of drug-likeness (QED) is 0.905. The van der Waals surface area contributed by atoms with Crippen molar-refractivity contribution in [2.24, 2.45) is 11.1 Å². The smallest absolute Gasteiger partial charge is 0.118 e. The number of hydrogen-bond donors (Lipinski definition) is 1. The van der Waals surface area contributed by atoms with Gasteiger partial charge < -0.3 is 10.2 Å². The molecule has 0 aromatic carbocycles. The van der Waals surface area contributed by atoms with E-state index in [1.165, 1.54) is 31.2 Å². The lowest BCUT2D eigenvalue weighted by Gasteiger charge is -2.38. The van der Waals surface area contributed by atoms with Crippen LogP contribution in [0.2, 0.25) is 0 Å². The van der Waals surface area contributed by atoms with E-state index in [0.717, 1.165) is 18.1 Å². The summed E-state index contributed by atoms with van der Waals surface area (Å²) >= 11 is 0. The normalized spacial score (nSPS) is 20.1. The summed E-state index contributed by atoms with van der Waals surface area (Å²) in [5.74, 6) is 1.91. The van der Waals surface area contributed by atoms with Gasteiger partial charge in [-0.15, -0.1) is 0 Å². The first-order valence-corrected chi connectivity index (χ1v) is 7.40. The molecule has 1 aromatic heterocycles. The predicted octanol–water partition coefficient (Wildman–Crippen LogP) is 3.45. The molecule has 1 fully saturated rings. The lowest BCUT2D eigenvalue weighted by atomic mass is 9.75. The first-order valence-electron chi connectivity index (χ1n) is 7.40. The zero-order chi connectivity index (χ0) is 14.0. The molecule has 0 unspecified atom stereocenters. The van der Waals surface area contributed by atoms with Crippen molar-refractivity contribution in [3.63, 3.8) is 0 Å². The van der Waals surface area contributed by atoms with E-state index in [4.69, 9.17) is 10.2 Å². The van der Waals surface area contributed by atoms with E-state index in [9.17, 15) is 0 Å². The minimum atomic E-state index is 0.488. The summed E-state index contributed by atoms with van der Waals surface area (Å²) in [6.07, 6.45) is 5.29. The fraction of sp³-hybridized carbons (Fsp3) is 0.750. The Bertz CT molecular complexity index is 412. The van der Waals surface area contributed by atoms with Crippen molar-refractivity contribution in [1.82, 2.24) is 4.90 Å². The average Bonchev–Trinajstić information content (AvgIpc) is 2.70. The number of nitrogens with two attached hydrogens (primary N) is 1. The van der Waals surface area contributed by atoms with Crippen molar-refractivity contribution in [1.29, 1.82) is 0 Å². The molecule has 1 aromatic rings. The average molecular weight is 264 g/mol. The molecular weight excluding hydrogens is 236 g/mol. The maximum Gasteiger partial charge on any atom is 0.118 e. The Labute approximate surface area is 117 Å². The van der Waals surface area contributed by atoms with E-state index in [0.29, 0.717) is 18.0 Å². The number of rotatable bonds is 4. The molecule has 0 aliphatic heterocycles. The molecule has 0 spiro atoms. The molecular formula is C16H28N2O. The zero-order valence-corrected chi connectivity index (χ0v) is 12.8. The Morgan fingerprint density at radius 3 is 2.53 bits per heavy atom. The third kappa shape index (κ3) is 3.61. The Kier molecular flexibility index (Phi) is 4.36. The van der Waals surface area contributed by atoms with Crippen LogP contribution in [0.1, 0.15) is 56.6 Å². The molecule has 2 N–H and O–H groups in total. The van der Waals surface area contributed by atoms with Gasteiger partial charge in [-0.3, -0.25) is 4.90 Å². The van der Waals surface area contributed by atoms with E-state index >= 15 is 0 Å². The summed E-state index contributed by atoms with van der Waals surface area (Å²) in [4.78, 5) is 2.48. The Morgan fingerprint density at radius 1 is 1.37 bits per heavy atom. The van der Waals surface area contributed by atoms with Gasteiger partial charge in [0.15, 0.2) is 0 Å². The first-order chi connectivity index (χ1) is 8.91. The SMILES string of the molecule is Cc1oc(CN)cc1CN(C)C1CCC(C)(C)CC1. The molecule has 19 heavy (non-hydrogen) atoms. The number of furan rings is 1. The highest BCUT2D eigenvalue weighted by atomic mass is 16.3. The fourth-order valence-electron chi connectivity index (χ4n) is 3.07. The van der Waals surface area contributed by atoms with Crippen LogP contribution in [0.15, 0.2) is 10.5 Å². The summed E-state index contributed by atoms with van der Waals surface area (Å²) in [6.45, 7) is 8.27. The monoisotopic (exact) mass is 264 g/mol. The molecule has 0 saturated heterocycles. The molecule has 2 rings (SSSR count). The largest absolute Gasteiger partial charge is 0.465 e. The zero-order valence-electron chi connectivity index (χ0n) is 12.8. The van der Waals surface area contributed by atoms with Crippen LogP contribution in [0.3, 0.4) is 0 Å². The van der Waals surface area contributed by atoms with Crippen LogP contribution in [0.5, 0.6) is 0 Å². The molecule has 1 aliphatic carbocycles. The van der Waals surface area contributed by atoms with E-state index in [-0.39, 0.29) is 0 Å². The molecule has 0 atom stereocenters. The second kappa shape index (κ2) is 5.68. The molecule has 0 amide bonds. The maximum atomic E-state index is 5.63. The third-order valence-electron chi connectivity index (χ3n) is 4.62. The molecule has 3 nitrogen and oxygen atoms in total. The minimum Gasteiger partial charge on any atom is -0.465 e. The number of nitrogens with zero attached hydrogens (tertiary/aromatic N) is 1. The van der Waals surface area contributed by atoms with E-state index in [2.05, 4.69) is 31.9 Å². The standard InChI is InChI=1S/C16H28N2O/c1-12-13(9-15(10-17)19-12)11-18(4)14-5-7-16(2,3)8-6-14/h9,14H,5-8,10-11,17H2,1-4H3. The molecule has 1 aliphatic rings. The van der Waals surface area contributed by atoms with Crippen molar-refractivity contribution in [2.45, 2.75) is 65.6 Å². The lowest BCUT2D eigenvalue weighted by molar-refractivity contribution is 0.122. The van der Waals surface area contributed by atoms with Gasteiger partial charge in [-0.25, -0.2) is 0 Å². The second-order valence-corrected chi connectivity index (χ2v) is 6.81. The highest BCUT2D eigenvalue weighted by molar-refractivity contribution is 5.20. The van der Waals surface area contributed by atoms with Gasteiger partial charge in [0.2, 0.25) is 0 Å². The fourth-order valence-corrected chi connectivity index (χ4v) is 3.07. The van der Waals surface area contributed by atoms with Crippen LogP contribution in [0.4, 0.5) is 0 Å². The van der Waals surface area contributed by atoms with Crippen molar-refractivity contribution >= 4 is 0 Å². The Morgan fingerprint density at radius 2 is 2.00 bits per heavy atom. The van der Waals surface area contributed by atoms with Crippen LogP contribution in [0.25, 0.3) is 0 Å². The highest BCUT2D eigenvalue weighted by Crippen LogP contribution is 2.37. The van der Waals surface area contributed by atoms with Gasteiger partial charge in [0.25, 0.3) is 0 Å². The van der Waals surface area contributed by atoms with Crippen molar-refractivity contribution in [2.75, 3.05) is 7.05 Å². The summed E-state index contributed by atoms with van der Waals surface area (Å²) in [6, 6.07) is 2.82. The van der Waals surface area contributed by atoms with Gasteiger partial charge in [0.1, 0.15) is 11.5 Å². The molecule has 3 heteroatoms. The van der Waals surface area contributed by atoms with Crippen molar-refractivity contribution in [3.8, 4) is 0 Å². The van der Waals surface area contributed by atoms with Crippen molar-refractivity contribution in [3.05, 3.63) is 23.2 Å². The van der Waals surface area contributed by atoms with E-state index in [1.54, 1.807) is 0 Å². The number of hydrogen-bond acceptors (Lipinski definition) is 3. The Balaban J connectivity index is 1.94. The topological polar surface area (TPSA) is 42.4 Å². The van der Waals surface area contributed by atoms with Gasteiger partial charge in [0, 0.05) is 18.2 Å². The number of aryl methyl sites for hydroxylation is 1. The van der Waals surface area contributed by atoms with Gasteiger partial charge in [-0.2, -0.15) is 0 Å². The molecule has 108 valence electrons. The van der Waals surface area contributed by atoms with Crippen LogP contribution >= 0.6 is 0 Å². The summed E-state index contributed by atoms with van der Waals surface area (Å²) in [7, 11) is 2.23. The van der Waals surface area contributed by atoms with Gasteiger partial charge in [-0.1, -0.05) is 13.8 Å². The van der Waals surface area contributed by atoms with Gasteiger partial charge >= 0.3 is 0 Å². The molecule has 1 saturated carbocycles. The van der Waals surface area contributed by atoms with Crippen LogP contribution in [-0.4, -0.2) is 18.0 Å². The van der Waals surface area contributed by atoms with Crippen LogP contribution in [0, 0.1) is 12.3 Å². The first kappa shape index (κ1) is 14.6. The van der Waals surface area contributed by atoms with E-state index < -0.39 is 0 Å². The molecule has 0 bridgehead atoms. The summed E-state index contributed by atoms with van der Waals surface area (Å²) in [5.41, 5.74) is 7.45. The van der Waals surface area contributed by atoms with Crippen LogP contribution in [-0.2, 0) is 13.1 Å².